The van der Waals surface area contributed by atoms with Crippen molar-refractivity contribution in [3.05, 3.63) is 52.4 Å². The average molecular weight is 312 g/mol. The van der Waals surface area contributed by atoms with E-state index in [-0.39, 0.29) is 0 Å². The van der Waals surface area contributed by atoms with E-state index >= 15 is 0 Å². The number of aliphatic hydroxyl groups excluding tert-OH is 1. The molecule has 1 N–H and O–H groups in total. The van der Waals surface area contributed by atoms with Gasteiger partial charge in [-0.15, -0.1) is 0 Å². The van der Waals surface area contributed by atoms with Crippen LogP contribution in [0.4, 0.5) is 4.39 Å². The van der Waals surface area contributed by atoms with Crippen molar-refractivity contribution in [2.75, 3.05) is 0 Å². The molecule has 0 saturated heterocycles. The Bertz CT molecular complexity index is 543. The lowest BCUT2D eigenvalue weighted by Crippen LogP contribution is -1.94. The van der Waals surface area contributed by atoms with Crippen LogP contribution in [-0.2, 0) is 0 Å². The van der Waals surface area contributed by atoms with Crippen LogP contribution in [0.1, 0.15) is 18.6 Å². The molecule has 3 nitrogen and oxygen atoms in total. The van der Waals surface area contributed by atoms with Gasteiger partial charge < -0.3 is 9.84 Å². The number of pyridine rings is 1. The first-order valence-corrected chi connectivity index (χ1v) is 6.12. The van der Waals surface area contributed by atoms with Crippen molar-refractivity contribution >= 4 is 15.9 Å². The lowest BCUT2D eigenvalue weighted by molar-refractivity contribution is 0.198. The molecule has 1 aromatic heterocycles. The van der Waals surface area contributed by atoms with E-state index in [4.69, 9.17) is 4.74 Å². The second kappa shape index (κ2) is 5.46. The van der Waals surface area contributed by atoms with Crippen LogP contribution in [-0.4, -0.2) is 10.1 Å². The predicted molar refractivity (Wildman–Crippen MR) is 69.0 cm³/mol. The Morgan fingerprint density at radius 2 is 2.11 bits per heavy atom. The maximum absolute atomic E-state index is 13.3. The molecule has 0 aliphatic rings. The fraction of sp³-hybridized carbons (Fsp3) is 0.154. The Hall–Kier alpha value is -1.46. The maximum atomic E-state index is 13.3. The zero-order valence-electron chi connectivity index (χ0n) is 9.60. The van der Waals surface area contributed by atoms with Crippen LogP contribution in [0, 0.1) is 5.82 Å². The van der Waals surface area contributed by atoms with Gasteiger partial charge in [0.15, 0.2) is 0 Å². The van der Waals surface area contributed by atoms with Crippen molar-refractivity contribution in [2.45, 2.75) is 13.0 Å². The summed E-state index contributed by atoms with van der Waals surface area (Å²) in [7, 11) is 0. The first-order valence-electron chi connectivity index (χ1n) is 5.33. The van der Waals surface area contributed by atoms with Gasteiger partial charge >= 0.3 is 0 Å². The van der Waals surface area contributed by atoms with Gasteiger partial charge in [0, 0.05) is 18.3 Å². The van der Waals surface area contributed by atoms with Gasteiger partial charge in [-0.3, -0.25) is 0 Å². The van der Waals surface area contributed by atoms with E-state index < -0.39 is 11.9 Å². The van der Waals surface area contributed by atoms with Crippen LogP contribution in [0.3, 0.4) is 0 Å². The van der Waals surface area contributed by atoms with Crippen LogP contribution in [0.2, 0.25) is 0 Å². The number of hydrogen-bond donors (Lipinski definition) is 1. The largest absolute Gasteiger partial charge is 0.439 e. The van der Waals surface area contributed by atoms with Gasteiger partial charge in [0.25, 0.3) is 0 Å². The van der Waals surface area contributed by atoms with Crippen molar-refractivity contribution in [1.82, 2.24) is 4.98 Å². The Balaban J connectivity index is 2.15. The number of hydrogen-bond acceptors (Lipinski definition) is 3. The van der Waals surface area contributed by atoms with Crippen LogP contribution in [0.15, 0.2) is 41.0 Å². The van der Waals surface area contributed by atoms with Gasteiger partial charge in [0.1, 0.15) is 11.6 Å². The summed E-state index contributed by atoms with van der Waals surface area (Å²) in [6, 6.07) is 7.81. The number of benzene rings is 1. The molecular formula is C13H11BrFNO2. The predicted octanol–water partition coefficient (Wildman–Crippen LogP) is 3.83. The molecule has 0 spiro atoms. The molecule has 1 heterocycles. The molecule has 2 aromatic rings. The van der Waals surface area contributed by atoms with E-state index in [0.29, 0.717) is 21.7 Å². The number of aliphatic hydroxyl groups is 1. The van der Waals surface area contributed by atoms with Crippen LogP contribution in [0.25, 0.3) is 0 Å². The summed E-state index contributed by atoms with van der Waals surface area (Å²) >= 11 is 3.07. The van der Waals surface area contributed by atoms with Gasteiger partial charge in [-0.1, -0.05) is 0 Å². The summed E-state index contributed by atoms with van der Waals surface area (Å²) in [5.41, 5.74) is 0.698. The number of rotatable bonds is 3. The third-order valence-electron chi connectivity index (χ3n) is 2.36. The molecule has 0 bridgehead atoms. The summed E-state index contributed by atoms with van der Waals surface area (Å²) in [6.45, 7) is 1.65. The second-order valence-corrected chi connectivity index (χ2v) is 4.64. The smallest absolute Gasteiger partial charge is 0.219 e. The Morgan fingerprint density at radius 3 is 2.67 bits per heavy atom. The van der Waals surface area contributed by atoms with Crippen molar-refractivity contribution in [2.24, 2.45) is 0 Å². The summed E-state index contributed by atoms with van der Waals surface area (Å²) in [5, 5.41) is 9.34. The number of aromatic nitrogens is 1. The Morgan fingerprint density at radius 1 is 1.33 bits per heavy atom. The molecule has 0 saturated carbocycles. The van der Waals surface area contributed by atoms with Crippen molar-refractivity contribution in [3.8, 4) is 11.6 Å². The highest BCUT2D eigenvalue weighted by atomic mass is 79.9. The molecule has 2 rings (SSSR count). The third-order valence-corrected chi connectivity index (χ3v) is 3.00. The fourth-order valence-corrected chi connectivity index (χ4v) is 1.61. The van der Waals surface area contributed by atoms with E-state index in [1.165, 1.54) is 12.3 Å². The summed E-state index contributed by atoms with van der Waals surface area (Å²) < 4.78 is 19.0. The van der Waals surface area contributed by atoms with Crippen molar-refractivity contribution in [1.29, 1.82) is 0 Å². The average Bonchev–Trinajstić information content (AvgIpc) is 2.34. The van der Waals surface area contributed by atoms with Crippen LogP contribution in [0.5, 0.6) is 11.6 Å². The molecule has 5 heteroatoms. The highest BCUT2D eigenvalue weighted by Crippen LogP contribution is 2.25. The van der Waals surface area contributed by atoms with Gasteiger partial charge in [0.2, 0.25) is 5.88 Å². The minimum absolute atomic E-state index is 0.348. The molecule has 0 aliphatic heterocycles. The fourth-order valence-electron chi connectivity index (χ4n) is 1.36. The Kier molecular flexibility index (Phi) is 3.93. The molecule has 0 radical (unpaired) electrons. The van der Waals surface area contributed by atoms with Crippen LogP contribution >= 0.6 is 15.9 Å². The number of nitrogens with zero attached hydrogens (tertiary/aromatic N) is 1. The second-order valence-electron chi connectivity index (χ2n) is 3.78. The van der Waals surface area contributed by atoms with Gasteiger partial charge in [-0.2, -0.15) is 0 Å². The standard InChI is InChI=1S/C13H11BrFNO2/c1-8(17)9-2-5-13(16-7-9)18-10-3-4-11(14)12(15)6-10/h2-8,17H,1H3/t8-/m1/s1. The van der Waals surface area contributed by atoms with E-state index in [2.05, 4.69) is 20.9 Å². The van der Waals surface area contributed by atoms with E-state index in [1.54, 1.807) is 31.2 Å². The summed E-state index contributed by atoms with van der Waals surface area (Å²) in [4.78, 5) is 4.03. The molecule has 0 aliphatic carbocycles. The minimum atomic E-state index is -0.573. The number of ether oxygens (including phenoxy) is 1. The SMILES string of the molecule is C[C@@H](O)c1ccc(Oc2ccc(Br)c(F)c2)nc1. The molecule has 94 valence electrons. The highest BCUT2D eigenvalue weighted by molar-refractivity contribution is 9.10. The topological polar surface area (TPSA) is 42.4 Å². The van der Waals surface area contributed by atoms with Crippen molar-refractivity contribution in [3.63, 3.8) is 0 Å². The monoisotopic (exact) mass is 311 g/mol. The van der Waals surface area contributed by atoms with Gasteiger partial charge in [-0.05, 0) is 46.6 Å². The molecule has 0 fully saturated rings. The first kappa shape index (κ1) is 13.0. The highest BCUT2D eigenvalue weighted by Gasteiger charge is 2.05. The molecule has 0 amide bonds. The summed E-state index contributed by atoms with van der Waals surface area (Å²) in [5.74, 6) is 0.321. The zero-order valence-corrected chi connectivity index (χ0v) is 11.2. The van der Waals surface area contributed by atoms with Crippen LogP contribution < -0.4 is 4.74 Å². The molecule has 0 unspecified atom stereocenters. The molecule has 18 heavy (non-hydrogen) atoms. The van der Waals surface area contributed by atoms with Gasteiger partial charge in [-0.25, -0.2) is 9.37 Å². The third kappa shape index (κ3) is 3.05. The quantitative estimate of drug-likeness (QED) is 0.936. The minimum Gasteiger partial charge on any atom is -0.439 e. The molecule has 1 atom stereocenters. The summed E-state index contributed by atoms with van der Waals surface area (Å²) in [6.07, 6.45) is 0.951. The maximum Gasteiger partial charge on any atom is 0.219 e. The van der Waals surface area contributed by atoms with Crippen molar-refractivity contribution < 1.29 is 14.2 Å². The van der Waals surface area contributed by atoms with E-state index in [1.807, 2.05) is 0 Å². The lowest BCUT2D eigenvalue weighted by Gasteiger charge is -2.07. The lowest BCUT2D eigenvalue weighted by atomic mass is 10.2. The first-order chi connectivity index (χ1) is 8.56. The molecular weight excluding hydrogens is 301 g/mol. The van der Waals surface area contributed by atoms with Gasteiger partial charge in [0.05, 0.1) is 10.6 Å². The normalized spacial score (nSPS) is 12.2. The molecule has 1 aromatic carbocycles. The number of halogens is 2. The Labute approximate surface area is 112 Å². The van der Waals surface area contributed by atoms with E-state index in [0.717, 1.165) is 0 Å². The zero-order chi connectivity index (χ0) is 13.1. The van der Waals surface area contributed by atoms with E-state index in [9.17, 15) is 9.50 Å².